The molecule has 1 amide bonds. The lowest BCUT2D eigenvalue weighted by Crippen LogP contribution is -2.24. The third kappa shape index (κ3) is 6.48. The second kappa shape index (κ2) is 8.90. The van der Waals surface area contributed by atoms with Crippen LogP contribution in [0.3, 0.4) is 0 Å². The average molecular weight is 365 g/mol. The molecule has 0 heterocycles. The number of nitrogens with one attached hydrogen (secondary N) is 1. The van der Waals surface area contributed by atoms with Gasteiger partial charge in [0.1, 0.15) is 12.4 Å². The molecule has 0 bridgehead atoms. The summed E-state index contributed by atoms with van der Waals surface area (Å²) in [6, 6.07) is 11.2. The molecular weight excluding hydrogens is 350 g/mol. The molecule has 0 fully saturated rings. The Morgan fingerprint density at radius 3 is 2.54 bits per heavy atom. The number of alkyl halides is 3. The SMILES string of the molecule is O=C(NCCC#Cc1cc(F)cc(C(F)(F)F)c1)OCc1ccccc1. The minimum absolute atomic E-state index is 0.0796. The van der Waals surface area contributed by atoms with Crippen molar-refractivity contribution >= 4 is 6.09 Å². The maximum atomic E-state index is 13.2. The largest absolute Gasteiger partial charge is 0.445 e. The third-order valence-corrected chi connectivity index (χ3v) is 3.19. The monoisotopic (exact) mass is 365 g/mol. The fourth-order valence-electron chi connectivity index (χ4n) is 1.99. The van der Waals surface area contributed by atoms with Gasteiger partial charge < -0.3 is 10.1 Å². The lowest BCUT2D eigenvalue weighted by molar-refractivity contribution is -0.137. The molecule has 0 aliphatic heterocycles. The van der Waals surface area contributed by atoms with E-state index < -0.39 is 23.7 Å². The van der Waals surface area contributed by atoms with E-state index in [1.807, 2.05) is 30.3 Å². The topological polar surface area (TPSA) is 38.3 Å². The molecular formula is C19H15F4NO2. The van der Waals surface area contributed by atoms with Crippen LogP contribution in [-0.4, -0.2) is 12.6 Å². The van der Waals surface area contributed by atoms with E-state index >= 15 is 0 Å². The average Bonchev–Trinajstić information content (AvgIpc) is 2.59. The van der Waals surface area contributed by atoms with Gasteiger partial charge >= 0.3 is 12.3 Å². The smallest absolute Gasteiger partial charge is 0.416 e. The van der Waals surface area contributed by atoms with E-state index in [2.05, 4.69) is 17.2 Å². The highest BCUT2D eigenvalue weighted by Gasteiger charge is 2.31. The second-order valence-corrected chi connectivity index (χ2v) is 5.27. The first-order valence-corrected chi connectivity index (χ1v) is 7.66. The molecule has 0 saturated carbocycles. The van der Waals surface area contributed by atoms with Crippen LogP contribution in [0.15, 0.2) is 48.5 Å². The van der Waals surface area contributed by atoms with Crippen LogP contribution in [0.2, 0.25) is 0 Å². The van der Waals surface area contributed by atoms with Crippen molar-refractivity contribution in [2.45, 2.75) is 19.2 Å². The number of benzene rings is 2. The Balaban J connectivity index is 1.78. The fourth-order valence-corrected chi connectivity index (χ4v) is 1.99. The fraction of sp³-hybridized carbons (Fsp3) is 0.211. The third-order valence-electron chi connectivity index (χ3n) is 3.19. The van der Waals surface area contributed by atoms with Crippen LogP contribution < -0.4 is 5.32 Å². The molecule has 0 atom stereocenters. The lowest BCUT2D eigenvalue weighted by atomic mass is 10.1. The molecule has 3 nitrogen and oxygen atoms in total. The van der Waals surface area contributed by atoms with Gasteiger partial charge in [0.25, 0.3) is 0 Å². The van der Waals surface area contributed by atoms with E-state index in [0.717, 1.165) is 17.7 Å². The predicted octanol–water partition coefficient (Wildman–Crippen LogP) is 4.51. The van der Waals surface area contributed by atoms with Gasteiger partial charge in [0.15, 0.2) is 0 Å². The molecule has 0 saturated heterocycles. The van der Waals surface area contributed by atoms with Crippen LogP contribution in [0, 0.1) is 17.7 Å². The summed E-state index contributed by atoms with van der Waals surface area (Å²) in [7, 11) is 0. The van der Waals surface area contributed by atoms with Crippen LogP contribution in [0.5, 0.6) is 0 Å². The number of carbonyl (C=O) groups excluding carboxylic acids is 1. The van der Waals surface area contributed by atoms with Crippen molar-refractivity contribution in [3.8, 4) is 11.8 Å². The van der Waals surface area contributed by atoms with Crippen molar-refractivity contribution in [1.82, 2.24) is 5.32 Å². The minimum atomic E-state index is -4.64. The number of halogens is 4. The summed E-state index contributed by atoms with van der Waals surface area (Å²) >= 11 is 0. The van der Waals surface area contributed by atoms with E-state index in [-0.39, 0.29) is 25.1 Å². The number of ether oxygens (including phenoxy) is 1. The standard InChI is InChI=1S/C19H15F4NO2/c20-17-11-15(10-16(12-17)19(21,22)23)8-4-5-9-24-18(25)26-13-14-6-2-1-3-7-14/h1-3,6-7,10-12H,5,9,13H2,(H,24,25). The van der Waals surface area contributed by atoms with Crippen LogP contribution >= 0.6 is 0 Å². The molecule has 0 aliphatic carbocycles. The van der Waals surface area contributed by atoms with E-state index in [0.29, 0.717) is 6.07 Å². The number of rotatable bonds is 4. The summed E-state index contributed by atoms with van der Waals surface area (Å²) in [6.45, 7) is 0.282. The van der Waals surface area contributed by atoms with Crippen molar-refractivity contribution in [3.63, 3.8) is 0 Å². The summed E-state index contributed by atoms with van der Waals surface area (Å²) in [5, 5.41) is 2.47. The number of amides is 1. The van der Waals surface area contributed by atoms with Gasteiger partial charge in [-0.05, 0) is 23.8 Å². The summed E-state index contributed by atoms with van der Waals surface area (Å²) in [5.74, 6) is 4.02. The summed E-state index contributed by atoms with van der Waals surface area (Å²) in [4.78, 5) is 11.5. The van der Waals surface area contributed by atoms with Crippen molar-refractivity contribution in [3.05, 3.63) is 71.0 Å². The first kappa shape index (κ1) is 19.3. The highest BCUT2D eigenvalue weighted by atomic mass is 19.4. The molecule has 2 rings (SSSR count). The highest BCUT2D eigenvalue weighted by molar-refractivity contribution is 5.67. The van der Waals surface area contributed by atoms with Gasteiger partial charge in [-0.2, -0.15) is 13.2 Å². The maximum Gasteiger partial charge on any atom is 0.416 e. The number of alkyl carbamates (subject to hydrolysis) is 1. The Labute approximate surface area is 148 Å². The molecule has 0 aromatic heterocycles. The van der Waals surface area contributed by atoms with Crippen molar-refractivity contribution in [2.75, 3.05) is 6.54 Å². The number of carbonyl (C=O) groups is 1. The molecule has 0 unspecified atom stereocenters. The quantitative estimate of drug-likeness (QED) is 0.492. The lowest BCUT2D eigenvalue weighted by Gasteiger charge is -2.06. The number of hydrogen-bond donors (Lipinski definition) is 1. The molecule has 0 spiro atoms. The van der Waals surface area contributed by atoms with Gasteiger partial charge in [0.05, 0.1) is 5.56 Å². The van der Waals surface area contributed by atoms with Crippen molar-refractivity contribution in [1.29, 1.82) is 0 Å². The molecule has 0 radical (unpaired) electrons. The normalized spacial score (nSPS) is 10.6. The molecule has 1 N–H and O–H groups in total. The van der Waals surface area contributed by atoms with E-state index in [4.69, 9.17) is 4.74 Å². The summed E-state index contributed by atoms with van der Waals surface area (Å²) in [5.41, 5.74) is -0.331. The molecule has 7 heteroatoms. The number of hydrogen-bond acceptors (Lipinski definition) is 2. The summed E-state index contributed by atoms with van der Waals surface area (Å²) in [6.07, 6.45) is -5.08. The highest BCUT2D eigenvalue weighted by Crippen LogP contribution is 2.30. The summed E-state index contributed by atoms with van der Waals surface area (Å²) < 4.78 is 56.0. The van der Waals surface area contributed by atoms with Crippen molar-refractivity contribution < 1.29 is 27.1 Å². The van der Waals surface area contributed by atoms with Gasteiger partial charge in [-0.1, -0.05) is 42.2 Å². The molecule has 2 aromatic carbocycles. The van der Waals surface area contributed by atoms with Crippen LogP contribution in [0.25, 0.3) is 0 Å². The van der Waals surface area contributed by atoms with Gasteiger partial charge in [-0.25, -0.2) is 9.18 Å². The second-order valence-electron chi connectivity index (χ2n) is 5.27. The van der Waals surface area contributed by atoms with Crippen molar-refractivity contribution in [2.24, 2.45) is 0 Å². The molecule has 0 aliphatic rings. The van der Waals surface area contributed by atoms with Crippen LogP contribution in [0.1, 0.15) is 23.1 Å². The maximum absolute atomic E-state index is 13.2. The first-order chi connectivity index (χ1) is 12.3. The Bertz CT molecular complexity index is 808. The van der Waals surface area contributed by atoms with Crippen LogP contribution in [-0.2, 0) is 17.5 Å². The first-order valence-electron chi connectivity index (χ1n) is 7.66. The van der Waals surface area contributed by atoms with Gasteiger partial charge in [0.2, 0.25) is 0 Å². The van der Waals surface area contributed by atoms with E-state index in [9.17, 15) is 22.4 Å². The Morgan fingerprint density at radius 2 is 1.85 bits per heavy atom. The van der Waals surface area contributed by atoms with Crippen LogP contribution in [0.4, 0.5) is 22.4 Å². The Kier molecular flexibility index (Phi) is 6.61. The van der Waals surface area contributed by atoms with Gasteiger partial charge in [0, 0.05) is 18.5 Å². The van der Waals surface area contributed by atoms with Gasteiger partial charge in [-0.3, -0.25) is 0 Å². The molecule has 2 aromatic rings. The van der Waals surface area contributed by atoms with E-state index in [1.165, 1.54) is 0 Å². The Hall–Kier alpha value is -3.01. The van der Waals surface area contributed by atoms with E-state index in [1.54, 1.807) is 0 Å². The zero-order valence-electron chi connectivity index (χ0n) is 13.6. The van der Waals surface area contributed by atoms with Gasteiger partial charge in [-0.15, -0.1) is 0 Å². The molecule has 26 heavy (non-hydrogen) atoms. The minimum Gasteiger partial charge on any atom is -0.445 e. The zero-order chi connectivity index (χ0) is 19.0. The predicted molar refractivity (Wildman–Crippen MR) is 87.5 cm³/mol. The zero-order valence-corrected chi connectivity index (χ0v) is 13.6. The Morgan fingerprint density at radius 1 is 1.12 bits per heavy atom. The molecule has 136 valence electrons.